The lowest BCUT2D eigenvalue weighted by Gasteiger charge is -2.36. The third-order valence-corrected chi connectivity index (χ3v) is 5.65. The number of amides is 1. The molecular formula is C22H31F3N2O3. The van der Waals surface area contributed by atoms with Crippen LogP contribution in [0.25, 0.3) is 0 Å². The van der Waals surface area contributed by atoms with Crippen LogP contribution in [0.1, 0.15) is 46.6 Å². The summed E-state index contributed by atoms with van der Waals surface area (Å²) in [6.07, 6.45) is -3.97. The third kappa shape index (κ3) is 5.46. The first-order valence-electron chi connectivity index (χ1n) is 10.1. The van der Waals surface area contributed by atoms with Crippen molar-refractivity contribution in [3.05, 3.63) is 29.8 Å². The minimum Gasteiger partial charge on any atom is -0.467 e. The molecular weight excluding hydrogens is 397 g/mol. The van der Waals surface area contributed by atoms with Crippen LogP contribution < -0.4 is 5.32 Å². The van der Waals surface area contributed by atoms with E-state index in [2.05, 4.69) is 5.32 Å². The van der Waals surface area contributed by atoms with Crippen molar-refractivity contribution in [1.82, 2.24) is 4.90 Å². The summed E-state index contributed by atoms with van der Waals surface area (Å²) in [4.78, 5) is 27.4. The largest absolute Gasteiger partial charge is 0.467 e. The molecule has 0 bridgehead atoms. The predicted octanol–water partition coefficient (Wildman–Crippen LogP) is 4.58. The fourth-order valence-electron chi connectivity index (χ4n) is 3.72. The highest BCUT2D eigenvalue weighted by atomic mass is 19.4. The smallest absolute Gasteiger partial charge is 0.416 e. The number of benzene rings is 1. The first-order chi connectivity index (χ1) is 13.8. The lowest BCUT2D eigenvalue weighted by atomic mass is 9.85. The highest BCUT2D eigenvalue weighted by Gasteiger charge is 2.45. The summed E-state index contributed by atoms with van der Waals surface area (Å²) in [5.74, 6) is -0.372. The van der Waals surface area contributed by atoms with E-state index in [1.807, 2.05) is 34.6 Å². The zero-order valence-corrected chi connectivity index (χ0v) is 18.3. The maximum Gasteiger partial charge on any atom is 0.416 e. The number of ether oxygens (including phenoxy) is 1. The van der Waals surface area contributed by atoms with E-state index in [-0.39, 0.29) is 23.4 Å². The third-order valence-electron chi connectivity index (χ3n) is 5.65. The van der Waals surface area contributed by atoms with Crippen LogP contribution in [0.4, 0.5) is 18.9 Å². The van der Waals surface area contributed by atoms with E-state index in [0.717, 1.165) is 12.1 Å². The van der Waals surface area contributed by atoms with E-state index < -0.39 is 35.2 Å². The highest BCUT2D eigenvalue weighted by molar-refractivity contribution is 5.90. The van der Waals surface area contributed by atoms with Crippen molar-refractivity contribution in [2.75, 3.05) is 19.0 Å². The maximum absolute atomic E-state index is 13.5. The van der Waals surface area contributed by atoms with Gasteiger partial charge in [0.05, 0.1) is 12.7 Å². The number of nitrogens with one attached hydrogen (secondary N) is 1. The molecule has 1 aromatic carbocycles. The fraction of sp³-hybridized carbons (Fsp3) is 0.636. The average Bonchev–Trinajstić information content (AvgIpc) is 3.09. The van der Waals surface area contributed by atoms with E-state index in [9.17, 15) is 22.8 Å². The Hall–Kier alpha value is -2.25. The van der Waals surface area contributed by atoms with Crippen LogP contribution in [0.2, 0.25) is 0 Å². The lowest BCUT2D eigenvalue weighted by molar-refractivity contribution is -0.151. The van der Waals surface area contributed by atoms with Crippen LogP contribution >= 0.6 is 0 Å². The van der Waals surface area contributed by atoms with Gasteiger partial charge in [-0.2, -0.15) is 13.2 Å². The molecule has 2 rings (SSSR count). The normalized spacial score (nSPS) is 20.9. The number of halogens is 3. The summed E-state index contributed by atoms with van der Waals surface area (Å²) in [6.45, 7) is 9.98. The number of likely N-dealkylation sites (tertiary alicyclic amines) is 1. The predicted molar refractivity (Wildman–Crippen MR) is 109 cm³/mol. The van der Waals surface area contributed by atoms with Crippen LogP contribution in [-0.2, 0) is 20.5 Å². The molecule has 1 amide bonds. The van der Waals surface area contributed by atoms with E-state index in [4.69, 9.17) is 4.74 Å². The zero-order chi connectivity index (χ0) is 22.9. The summed E-state index contributed by atoms with van der Waals surface area (Å²) in [6, 6.07) is 3.27. The molecule has 0 aliphatic carbocycles. The minimum absolute atomic E-state index is 0.146. The molecule has 1 aromatic rings. The second kappa shape index (κ2) is 8.86. The number of hydrogen-bond donors (Lipinski definition) is 1. The van der Waals surface area contributed by atoms with Gasteiger partial charge >= 0.3 is 12.1 Å². The van der Waals surface area contributed by atoms with Crippen molar-refractivity contribution >= 4 is 17.6 Å². The fourth-order valence-corrected chi connectivity index (χ4v) is 3.72. The Kier molecular flexibility index (Phi) is 7.09. The molecule has 168 valence electrons. The molecule has 1 aliphatic rings. The maximum atomic E-state index is 13.5. The van der Waals surface area contributed by atoms with Gasteiger partial charge in [-0.1, -0.05) is 40.7 Å². The van der Waals surface area contributed by atoms with E-state index in [1.54, 1.807) is 0 Å². The molecule has 0 spiro atoms. The number of anilines is 1. The highest BCUT2D eigenvalue weighted by Crippen LogP contribution is 2.35. The van der Waals surface area contributed by atoms with Gasteiger partial charge in [0.25, 0.3) is 0 Å². The van der Waals surface area contributed by atoms with Crippen molar-refractivity contribution in [2.45, 2.75) is 59.3 Å². The van der Waals surface area contributed by atoms with Crippen molar-refractivity contribution in [3.63, 3.8) is 0 Å². The van der Waals surface area contributed by atoms with Crippen LogP contribution in [0.15, 0.2) is 24.3 Å². The summed E-state index contributed by atoms with van der Waals surface area (Å²) in [5, 5.41) is 2.99. The van der Waals surface area contributed by atoms with Gasteiger partial charge in [0.2, 0.25) is 5.91 Å². The summed E-state index contributed by atoms with van der Waals surface area (Å²) in [5.41, 5.74) is -1.20. The van der Waals surface area contributed by atoms with Crippen LogP contribution in [-0.4, -0.2) is 42.5 Å². The molecule has 5 nitrogen and oxygen atoms in total. The molecule has 0 aromatic heterocycles. The number of nitrogens with zero attached hydrogens (tertiary/aromatic N) is 1. The van der Waals surface area contributed by atoms with Crippen LogP contribution in [0, 0.1) is 17.3 Å². The van der Waals surface area contributed by atoms with Crippen molar-refractivity contribution in [2.24, 2.45) is 17.3 Å². The van der Waals surface area contributed by atoms with Gasteiger partial charge in [0.15, 0.2) is 0 Å². The Morgan fingerprint density at radius 1 is 1.20 bits per heavy atom. The number of esters is 1. The van der Waals surface area contributed by atoms with E-state index in [0.29, 0.717) is 13.0 Å². The van der Waals surface area contributed by atoms with Crippen molar-refractivity contribution in [3.8, 4) is 0 Å². The molecule has 3 atom stereocenters. The number of carbonyl (C=O) groups excluding carboxylic acids is 2. The summed E-state index contributed by atoms with van der Waals surface area (Å²) >= 11 is 0. The van der Waals surface area contributed by atoms with Gasteiger partial charge in [-0.15, -0.1) is 0 Å². The second-order valence-electron chi connectivity index (χ2n) is 9.29. The average molecular weight is 428 g/mol. The Labute approximate surface area is 176 Å². The molecule has 0 saturated carbocycles. The monoisotopic (exact) mass is 428 g/mol. The van der Waals surface area contributed by atoms with E-state index >= 15 is 0 Å². The second-order valence-corrected chi connectivity index (χ2v) is 9.29. The van der Waals surface area contributed by atoms with Crippen LogP contribution in [0.5, 0.6) is 0 Å². The Morgan fingerprint density at radius 3 is 2.33 bits per heavy atom. The quantitative estimate of drug-likeness (QED) is 0.698. The van der Waals surface area contributed by atoms with Gasteiger partial charge in [-0.25, -0.2) is 4.79 Å². The Bertz CT molecular complexity index is 772. The molecule has 1 fully saturated rings. The van der Waals surface area contributed by atoms with Gasteiger partial charge in [0.1, 0.15) is 12.1 Å². The van der Waals surface area contributed by atoms with Crippen molar-refractivity contribution < 1.29 is 27.5 Å². The SMILES string of the molecule is COC(=O)[C@@H]1C[C@@H](C(C)C)CN1C(=O)[C@@H](Nc1cccc(C(F)(F)F)c1)C(C)(C)C. The van der Waals surface area contributed by atoms with Gasteiger partial charge in [-0.05, 0) is 41.9 Å². The standard InChI is InChI=1S/C22H31F3N2O3/c1-13(2)14-10-17(20(29)30-6)27(12-14)19(28)18(21(3,4)5)26-16-9-7-8-15(11-16)22(23,24)25/h7-9,11,13-14,17-18,26H,10,12H2,1-6H3/t14-,17+,18-/m1/s1. The number of rotatable bonds is 5. The number of carbonyl (C=O) groups is 2. The number of alkyl halides is 3. The van der Waals surface area contributed by atoms with E-state index in [1.165, 1.54) is 24.1 Å². The Morgan fingerprint density at radius 2 is 1.83 bits per heavy atom. The van der Waals surface area contributed by atoms with Crippen LogP contribution in [0.3, 0.4) is 0 Å². The summed E-state index contributed by atoms with van der Waals surface area (Å²) < 4.78 is 44.2. The zero-order valence-electron chi connectivity index (χ0n) is 18.3. The first kappa shape index (κ1) is 24.0. The number of hydrogen-bond acceptors (Lipinski definition) is 4. The number of methoxy groups -OCH3 is 1. The summed E-state index contributed by atoms with van der Waals surface area (Å²) in [7, 11) is 1.29. The molecule has 1 aliphatic heterocycles. The molecule has 30 heavy (non-hydrogen) atoms. The molecule has 0 unspecified atom stereocenters. The van der Waals surface area contributed by atoms with Crippen molar-refractivity contribution in [1.29, 1.82) is 0 Å². The van der Waals surface area contributed by atoms with Gasteiger partial charge in [-0.3, -0.25) is 4.79 Å². The van der Waals surface area contributed by atoms with Gasteiger partial charge < -0.3 is 15.0 Å². The topological polar surface area (TPSA) is 58.6 Å². The lowest BCUT2D eigenvalue weighted by Crippen LogP contribution is -2.52. The van der Waals surface area contributed by atoms with Gasteiger partial charge in [0, 0.05) is 12.2 Å². The molecule has 1 heterocycles. The first-order valence-corrected chi connectivity index (χ1v) is 10.1. The molecule has 8 heteroatoms. The molecule has 0 radical (unpaired) electrons. The minimum atomic E-state index is -4.48. The Balaban J connectivity index is 2.35. The molecule has 1 N–H and O–H groups in total. The molecule has 1 saturated heterocycles.